The molecule has 1 aromatic heterocycles. The van der Waals surface area contributed by atoms with E-state index in [2.05, 4.69) is 10.1 Å². The highest BCUT2D eigenvalue weighted by Crippen LogP contribution is 2.22. The number of ether oxygens (including phenoxy) is 1. The zero-order chi connectivity index (χ0) is 22.3. The van der Waals surface area contributed by atoms with E-state index >= 15 is 0 Å². The molecular formula is C25H28FN3O3. The first-order chi connectivity index (χ1) is 15.6. The van der Waals surface area contributed by atoms with E-state index in [1.165, 1.54) is 17.7 Å². The molecule has 1 aliphatic rings. The van der Waals surface area contributed by atoms with Gasteiger partial charge in [-0.25, -0.2) is 4.39 Å². The third-order valence-corrected chi connectivity index (χ3v) is 5.81. The van der Waals surface area contributed by atoms with Gasteiger partial charge in [0.1, 0.15) is 11.6 Å². The van der Waals surface area contributed by atoms with E-state index in [-0.39, 0.29) is 11.7 Å². The summed E-state index contributed by atoms with van der Waals surface area (Å²) in [5, 5.41) is 4.04. The van der Waals surface area contributed by atoms with Crippen molar-refractivity contribution in [3.8, 4) is 17.1 Å². The molecule has 2 heterocycles. The van der Waals surface area contributed by atoms with Gasteiger partial charge in [0, 0.05) is 31.5 Å². The molecule has 2 aromatic carbocycles. The first kappa shape index (κ1) is 22.0. The summed E-state index contributed by atoms with van der Waals surface area (Å²) >= 11 is 0. The highest BCUT2D eigenvalue weighted by atomic mass is 19.1. The van der Waals surface area contributed by atoms with Crippen molar-refractivity contribution in [1.82, 2.24) is 15.0 Å². The lowest BCUT2D eigenvalue weighted by atomic mass is 10.1. The van der Waals surface area contributed by atoms with Gasteiger partial charge in [-0.15, -0.1) is 0 Å². The van der Waals surface area contributed by atoms with Crippen LogP contribution >= 0.6 is 0 Å². The lowest BCUT2D eigenvalue weighted by Gasteiger charge is -2.16. The topological polar surface area (TPSA) is 68.5 Å². The largest absolute Gasteiger partial charge is 0.494 e. The van der Waals surface area contributed by atoms with Crippen LogP contribution in [0.3, 0.4) is 0 Å². The number of likely N-dealkylation sites (tertiary alicyclic amines) is 1. The number of carbonyl (C=O) groups excluding carboxylic acids is 1. The highest BCUT2D eigenvalue weighted by Gasteiger charge is 2.25. The minimum Gasteiger partial charge on any atom is -0.494 e. The second-order valence-electron chi connectivity index (χ2n) is 8.32. The van der Waals surface area contributed by atoms with Crippen molar-refractivity contribution < 1.29 is 18.4 Å². The average molecular weight is 438 g/mol. The Hall–Kier alpha value is -3.22. The Balaban J connectivity index is 1.15. The van der Waals surface area contributed by atoms with Crippen LogP contribution in [0, 0.1) is 18.7 Å². The first-order valence-electron chi connectivity index (χ1n) is 11.1. The Morgan fingerprint density at radius 2 is 1.97 bits per heavy atom. The molecule has 0 saturated carbocycles. The van der Waals surface area contributed by atoms with Crippen molar-refractivity contribution in [1.29, 1.82) is 0 Å². The van der Waals surface area contributed by atoms with E-state index in [0.29, 0.717) is 49.3 Å². The number of aromatic nitrogens is 2. The number of benzene rings is 2. The molecular weight excluding hydrogens is 409 g/mol. The normalized spacial score (nSPS) is 15.8. The molecule has 3 aromatic rings. The number of aryl methyl sites for hydroxylation is 2. The molecule has 7 heteroatoms. The van der Waals surface area contributed by atoms with Gasteiger partial charge in [-0.2, -0.15) is 4.98 Å². The molecule has 1 aliphatic heterocycles. The van der Waals surface area contributed by atoms with Crippen LogP contribution in [0.1, 0.15) is 37.1 Å². The second kappa shape index (κ2) is 10.4. The minimum absolute atomic E-state index is 0.172. The fourth-order valence-electron chi connectivity index (χ4n) is 3.89. The minimum atomic E-state index is -0.270. The van der Waals surface area contributed by atoms with Crippen molar-refractivity contribution in [2.24, 2.45) is 5.92 Å². The SMILES string of the molecule is Cc1ccc(-c2noc(CCCC(=O)N3CC[C@H](CCOc4ccc(F)cc4)C3)n2)cc1. The Labute approximate surface area is 187 Å². The molecule has 0 aliphatic carbocycles. The van der Waals surface area contributed by atoms with Crippen LogP contribution in [0.2, 0.25) is 0 Å². The number of carbonyl (C=O) groups is 1. The molecule has 32 heavy (non-hydrogen) atoms. The Bertz CT molecular complexity index is 1020. The van der Waals surface area contributed by atoms with Crippen LogP contribution in [0.15, 0.2) is 53.1 Å². The van der Waals surface area contributed by atoms with Gasteiger partial charge < -0.3 is 14.2 Å². The molecule has 0 spiro atoms. The standard InChI is InChI=1S/C25H28FN3O3/c1-18-5-7-20(8-6-18)25-27-23(32-28-25)3-2-4-24(30)29-15-13-19(17-29)14-16-31-22-11-9-21(26)10-12-22/h5-12,19H,2-4,13-17H2,1H3/t19-/m1/s1. The lowest BCUT2D eigenvalue weighted by Crippen LogP contribution is -2.28. The van der Waals surface area contributed by atoms with Crippen molar-refractivity contribution in [3.05, 3.63) is 65.8 Å². The van der Waals surface area contributed by atoms with Crippen molar-refractivity contribution >= 4 is 5.91 Å². The number of hydrogen-bond donors (Lipinski definition) is 0. The maximum absolute atomic E-state index is 12.9. The van der Waals surface area contributed by atoms with Crippen molar-refractivity contribution in [2.45, 2.75) is 39.0 Å². The molecule has 0 unspecified atom stereocenters. The fourth-order valence-corrected chi connectivity index (χ4v) is 3.89. The molecule has 0 radical (unpaired) electrons. The highest BCUT2D eigenvalue weighted by molar-refractivity contribution is 5.76. The van der Waals surface area contributed by atoms with Gasteiger partial charge in [-0.05, 0) is 56.4 Å². The third kappa shape index (κ3) is 5.93. The summed E-state index contributed by atoms with van der Waals surface area (Å²) < 4.78 is 24.0. The van der Waals surface area contributed by atoms with Crippen LogP contribution in [0.25, 0.3) is 11.4 Å². The zero-order valence-electron chi connectivity index (χ0n) is 18.3. The smallest absolute Gasteiger partial charge is 0.226 e. The predicted octanol–water partition coefficient (Wildman–Crippen LogP) is 4.82. The van der Waals surface area contributed by atoms with Gasteiger partial charge in [0.05, 0.1) is 6.61 Å². The van der Waals surface area contributed by atoms with Crippen LogP contribution < -0.4 is 4.74 Å². The van der Waals surface area contributed by atoms with E-state index in [0.717, 1.165) is 31.5 Å². The molecule has 4 rings (SSSR count). The van der Waals surface area contributed by atoms with E-state index in [9.17, 15) is 9.18 Å². The van der Waals surface area contributed by atoms with Crippen LogP contribution in [-0.4, -0.2) is 40.6 Å². The summed E-state index contributed by atoms with van der Waals surface area (Å²) in [7, 11) is 0. The maximum Gasteiger partial charge on any atom is 0.226 e. The van der Waals surface area contributed by atoms with Gasteiger partial charge in [0.15, 0.2) is 0 Å². The number of halogens is 1. The monoisotopic (exact) mass is 437 g/mol. The Morgan fingerprint density at radius 3 is 2.75 bits per heavy atom. The molecule has 1 amide bonds. The number of hydrogen-bond acceptors (Lipinski definition) is 5. The third-order valence-electron chi connectivity index (χ3n) is 5.81. The van der Waals surface area contributed by atoms with Crippen LogP contribution in [0.4, 0.5) is 4.39 Å². The summed E-state index contributed by atoms with van der Waals surface area (Å²) in [5.41, 5.74) is 2.11. The average Bonchev–Trinajstić information content (AvgIpc) is 3.46. The van der Waals surface area contributed by atoms with Crippen molar-refractivity contribution in [2.75, 3.05) is 19.7 Å². The lowest BCUT2D eigenvalue weighted by molar-refractivity contribution is -0.130. The van der Waals surface area contributed by atoms with Gasteiger partial charge >= 0.3 is 0 Å². The van der Waals surface area contributed by atoms with Crippen LogP contribution in [-0.2, 0) is 11.2 Å². The molecule has 0 bridgehead atoms. The quantitative estimate of drug-likeness (QED) is 0.480. The zero-order valence-corrected chi connectivity index (χ0v) is 18.3. The van der Waals surface area contributed by atoms with Gasteiger partial charge in [0.2, 0.25) is 17.6 Å². The summed E-state index contributed by atoms with van der Waals surface area (Å²) in [5.74, 6) is 2.15. The first-order valence-corrected chi connectivity index (χ1v) is 11.1. The fraction of sp³-hybridized carbons (Fsp3) is 0.400. The van der Waals surface area contributed by atoms with Gasteiger partial charge in [0.25, 0.3) is 0 Å². The van der Waals surface area contributed by atoms with Gasteiger partial charge in [-0.1, -0.05) is 35.0 Å². The second-order valence-corrected chi connectivity index (χ2v) is 8.32. The van der Waals surface area contributed by atoms with Crippen LogP contribution in [0.5, 0.6) is 5.75 Å². The molecule has 1 atom stereocenters. The Morgan fingerprint density at radius 1 is 1.19 bits per heavy atom. The summed E-state index contributed by atoms with van der Waals surface area (Å²) in [6.45, 7) is 4.16. The summed E-state index contributed by atoms with van der Waals surface area (Å²) in [6, 6.07) is 14.0. The number of nitrogens with zero attached hydrogens (tertiary/aromatic N) is 3. The van der Waals surface area contributed by atoms with E-state index in [4.69, 9.17) is 9.26 Å². The predicted molar refractivity (Wildman–Crippen MR) is 119 cm³/mol. The summed E-state index contributed by atoms with van der Waals surface area (Å²) in [6.07, 6.45) is 3.62. The van der Waals surface area contributed by atoms with Crippen molar-refractivity contribution in [3.63, 3.8) is 0 Å². The van der Waals surface area contributed by atoms with E-state index < -0.39 is 0 Å². The molecule has 6 nitrogen and oxygen atoms in total. The molecule has 1 fully saturated rings. The van der Waals surface area contributed by atoms with E-state index in [1.54, 1.807) is 12.1 Å². The molecule has 1 saturated heterocycles. The number of rotatable bonds is 9. The maximum atomic E-state index is 12.9. The van der Waals surface area contributed by atoms with E-state index in [1.807, 2.05) is 36.1 Å². The number of amides is 1. The Kier molecular flexibility index (Phi) is 7.14. The van der Waals surface area contributed by atoms with Gasteiger partial charge in [-0.3, -0.25) is 4.79 Å². The molecule has 0 N–H and O–H groups in total. The molecule has 168 valence electrons. The summed E-state index contributed by atoms with van der Waals surface area (Å²) in [4.78, 5) is 18.9.